The molecule has 0 unspecified atom stereocenters. The Bertz CT molecular complexity index is 999. The maximum atomic E-state index is 6.41. The van der Waals surface area contributed by atoms with Crippen molar-refractivity contribution in [3.8, 4) is 5.75 Å². The van der Waals surface area contributed by atoms with Crippen LogP contribution in [0.2, 0.25) is 0 Å². The van der Waals surface area contributed by atoms with Crippen LogP contribution in [0.15, 0.2) is 69.6 Å². The van der Waals surface area contributed by atoms with E-state index in [4.69, 9.17) is 9.84 Å². The van der Waals surface area contributed by atoms with E-state index in [1.54, 1.807) is 11.3 Å². The molecule has 0 saturated carbocycles. The van der Waals surface area contributed by atoms with Crippen LogP contribution in [0.1, 0.15) is 40.3 Å². The third kappa shape index (κ3) is 2.66. The molecular formula is C21H17BrN2OS. The van der Waals surface area contributed by atoms with Gasteiger partial charge in [-0.3, -0.25) is 0 Å². The molecule has 3 aromatic rings. The zero-order valence-corrected chi connectivity index (χ0v) is 16.6. The quantitative estimate of drug-likeness (QED) is 0.499. The molecule has 130 valence electrons. The van der Waals surface area contributed by atoms with Crippen molar-refractivity contribution in [1.82, 2.24) is 5.01 Å². The fourth-order valence-corrected chi connectivity index (χ4v) is 4.79. The van der Waals surface area contributed by atoms with Crippen molar-refractivity contribution >= 4 is 33.0 Å². The van der Waals surface area contributed by atoms with Crippen molar-refractivity contribution in [2.24, 2.45) is 5.10 Å². The van der Waals surface area contributed by atoms with Gasteiger partial charge in [0.25, 0.3) is 0 Å². The number of hydrogen-bond acceptors (Lipinski definition) is 4. The minimum Gasteiger partial charge on any atom is -0.464 e. The number of ether oxygens (including phenoxy) is 1. The molecule has 5 heteroatoms. The van der Waals surface area contributed by atoms with Gasteiger partial charge in [0, 0.05) is 22.0 Å². The van der Waals surface area contributed by atoms with Gasteiger partial charge in [0.1, 0.15) is 5.75 Å². The second-order valence-electron chi connectivity index (χ2n) is 6.69. The van der Waals surface area contributed by atoms with Gasteiger partial charge in [-0.25, -0.2) is 5.01 Å². The van der Waals surface area contributed by atoms with Crippen LogP contribution in [0.5, 0.6) is 5.75 Å². The zero-order valence-electron chi connectivity index (χ0n) is 14.2. The Balaban J connectivity index is 1.63. The number of thiophene rings is 1. The molecule has 0 aliphatic carbocycles. The largest absolute Gasteiger partial charge is 0.464 e. The molecule has 0 bridgehead atoms. The first-order valence-corrected chi connectivity index (χ1v) is 10.3. The summed E-state index contributed by atoms with van der Waals surface area (Å²) in [6, 6.07) is 19.2. The van der Waals surface area contributed by atoms with Crippen LogP contribution in [0.3, 0.4) is 0 Å². The summed E-state index contributed by atoms with van der Waals surface area (Å²) >= 11 is 5.34. The van der Waals surface area contributed by atoms with Crippen LogP contribution >= 0.6 is 27.3 Å². The predicted octanol–water partition coefficient (Wildman–Crippen LogP) is 6.06. The van der Waals surface area contributed by atoms with Crippen LogP contribution in [0.4, 0.5) is 0 Å². The van der Waals surface area contributed by atoms with Gasteiger partial charge >= 0.3 is 0 Å². The van der Waals surface area contributed by atoms with Crippen molar-refractivity contribution in [3.63, 3.8) is 0 Å². The molecule has 2 aliphatic heterocycles. The minimum absolute atomic E-state index is 0.193. The van der Waals surface area contributed by atoms with E-state index in [1.165, 1.54) is 16.0 Å². The van der Waals surface area contributed by atoms with E-state index >= 15 is 0 Å². The molecule has 3 nitrogen and oxygen atoms in total. The first kappa shape index (κ1) is 16.1. The van der Waals surface area contributed by atoms with Crippen molar-refractivity contribution in [1.29, 1.82) is 0 Å². The summed E-state index contributed by atoms with van der Waals surface area (Å²) in [5, 5.41) is 9.23. The highest BCUT2D eigenvalue weighted by Gasteiger charge is 2.41. The van der Waals surface area contributed by atoms with Crippen LogP contribution < -0.4 is 4.74 Å². The van der Waals surface area contributed by atoms with E-state index < -0.39 is 0 Å². The van der Waals surface area contributed by atoms with Crippen LogP contribution in [-0.4, -0.2) is 10.7 Å². The monoisotopic (exact) mass is 424 g/mol. The summed E-state index contributed by atoms with van der Waals surface area (Å²) in [5.74, 6) is 0.948. The maximum Gasteiger partial charge on any atom is 0.213 e. The lowest BCUT2D eigenvalue weighted by atomic mass is 9.97. The summed E-state index contributed by atoms with van der Waals surface area (Å²) in [5.41, 5.74) is 4.70. The van der Waals surface area contributed by atoms with E-state index in [-0.39, 0.29) is 12.3 Å². The zero-order chi connectivity index (χ0) is 17.7. The fourth-order valence-electron chi connectivity index (χ4n) is 3.69. The second kappa shape index (κ2) is 6.25. The normalized spacial score (nSPS) is 21.0. The average Bonchev–Trinajstić information content (AvgIpc) is 3.31. The number of benzene rings is 2. The highest BCUT2D eigenvalue weighted by molar-refractivity contribution is 9.10. The first-order valence-electron chi connectivity index (χ1n) is 8.61. The van der Waals surface area contributed by atoms with Crippen molar-refractivity contribution < 1.29 is 4.74 Å². The number of hydrazone groups is 1. The molecule has 0 fully saturated rings. The molecule has 0 saturated heterocycles. The van der Waals surface area contributed by atoms with E-state index in [0.717, 1.165) is 27.9 Å². The Hall–Kier alpha value is -2.11. The number of aryl methyl sites for hydroxylation is 1. The molecule has 2 atom stereocenters. The molecule has 5 rings (SSSR count). The summed E-state index contributed by atoms with van der Waals surface area (Å²) in [7, 11) is 0. The standard InChI is InChI=1S/C21H17BrN2OS/c1-13-4-2-5-14(10-13)21-24-18(12-17(23-24)20-6-3-9-26-20)16-11-15(22)7-8-19(16)25-21/h2-11,18,21H,12H2,1H3/t18-,21-/m0/s1. The second-order valence-corrected chi connectivity index (χ2v) is 8.55. The van der Waals surface area contributed by atoms with Crippen molar-refractivity contribution in [2.45, 2.75) is 25.6 Å². The highest BCUT2D eigenvalue weighted by atomic mass is 79.9. The molecule has 0 spiro atoms. The number of halogens is 1. The Morgan fingerprint density at radius 3 is 2.88 bits per heavy atom. The SMILES string of the molecule is Cc1cccc([C@@H]2Oc3ccc(Br)cc3[C@@H]3CC(c4cccs4)=NN32)c1. The lowest BCUT2D eigenvalue weighted by molar-refractivity contribution is -0.0191. The van der Waals surface area contributed by atoms with E-state index in [0.29, 0.717) is 0 Å². The molecule has 2 aromatic carbocycles. The summed E-state index contributed by atoms with van der Waals surface area (Å²) in [4.78, 5) is 1.24. The molecule has 0 N–H and O–H groups in total. The van der Waals surface area contributed by atoms with Crippen LogP contribution in [0, 0.1) is 6.92 Å². The van der Waals surface area contributed by atoms with Crippen LogP contribution in [0.25, 0.3) is 0 Å². The van der Waals surface area contributed by atoms with Gasteiger partial charge in [-0.15, -0.1) is 11.3 Å². The molecule has 2 aliphatic rings. The number of nitrogens with zero attached hydrogens (tertiary/aromatic N) is 2. The van der Waals surface area contributed by atoms with E-state index in [1.807, 2.05) is 6.07 Å². The smallest absolute Gasteiger partial charge is 0.213 e. The molecule has 0 radical (unpaired) electrons. The van der Waals surface area contributed by atoms with Gasteiger partial charge in [-0.2, -0.15) is 5.10 Å². The Morgan fingerprint density at radius 1 is 1.15 bits per heavy atom. The first-order chi connectivity index (χ1) is 12.7. The third-order valence-electron chi connectivity index (χ3n) is 4.88. The highest BCUT2D eigenvalue weighted by Crippen LogP contribution is 2.48. The van der Waals surface area contributed by atoms with Gasteiger partial charge in [0.2, 0.25) is 6.23 Å². The average molecular weight is 425 g/mol. The molecular weight excluding hydrogens is 408 g/mol. The Kier molecular flexibility index (Phi) is 3.87. The summed E-state index contributed by atoms with van der Waals surface area (Å²) in [6.07, 6.45) is 0.696. The third-order valence-corrected chi connectivity index (χ3v) is 6.30. The summed E-state index contributed by atoms with van der Waals surface area (Å²) in [6.45, 7) is 2.11. The number of hydrogen-bond donors (Lipinski definition) is 0. The van der Waals surface area contributed by atoms with E-state index in [2.05, 4.69) is 81.8 Å². The molecule has 26 heavy (non-hydrogen) atoms. The Labute approximate surface area is 165 Å². The van der Waals surface area contributed by atoms with Gasteiger partial charge in [0.05, 0.1) is 16.6 Å². The van der Waals surface area contributed by atoms with Gasteiger partial charge in [0.15, 0.2) is 0 Å². The molecule has 1 aromatic heterocycles. The topological polar surface area (TPSA) is 24.8 Å². The lowest BCUT2D eigenvalue weighted by Gasteiger charge is -2.38. The molecule has 0 amide bonds. The molecule has 3 heterocycles. The fraction of sp³-hybridized carbons (Fsp3) is 0.190. The van der Waals surface area contributed by atoms with Crippen molar-refractivity contribution in [3.05, 3.63) is 86.0 Å². The minimum atomic E-state index is -0.203. The van der Waals surface area contributed by atoms with Crippen molar-refractivity contribution in [2.75, 3.05) is 0 Å². The van der Waals surface area contributed by atoms with Crippen LogP contribution in [-0.2, 0) is 0 Å². The maximum absolute atomic E-state index is 6.41. The Morgan fingerprint density at radius 2 is 2.08 bits per heavy atom. The predicted molar refractivity (Wildman–Crippen MR) is 109 cm³/mol. The van der Waals surface area contributed by atoms with Gasteiger partial charge < -0.3 is 4.74 Å². The summed E-state index contributed by atoms with van der Waals surface area (Å²) < 4.78 is 7.48. The lowest BCUT2D eigenvalue weighted by Crippen LogP contribution is -2.33. The van der Waals surface area contributed by atoms with Gasteiger partial charge in [-0.05, 0) is 36.6 Å². The van der Waals surface area contributed by atoms with Gasteiger partial charge in [-0.1, -0.05) is 51.8 Å². The number of rotatable bonds is 2. The number of fused-ring (bicyclic) bond motifs is 3. The van der Waals surface area contributed by atoms with E-state index in [9.17, 15) is 0 Å².